The van der Waals surface area contributed by atoms with Crippen LogP contribution in [-0.2, 0) is 0 Å². The standard InChI is InChI=1S/C10H16N2O2S/c1-2-9(13)3-5-11-10(14)12-8-4-6-15-7-8/h4,6-7,9,13H,2-3,5H2,1H3,(H2,11,12,14). The van der Waals surface area contributed by atoms with Crippen LogP contribution in [0.4, 0.5) is 10.5 Å². The zero-order valence-corrected chi connectivity index (χ0v) is 9.51. The lowest BCUT2D eigenvalue weighted by molar-refractivity contribution is 0.160. The van der Waals surface area contributed by atoms with E-state index in [-0.39, 0.29) is 12.1 Å². The Kier molecular flexibility index (Phi) is 5.14. The number of carbonyl (C=O) groups excluding carboxylic acids is 1. The summed E-state index contributed by atoms with van der Waals surface area (Å²) in [5.74, 6) is 0. The van der Waals surface area contributed by atoms with Crippen LogP contribution in [0.3, 0.4) is 0 Å². The second kappa shape index (κ2) is 6.42. The Morgan fingerprint density at radius 3 is 3.07 bits per heavy atom. The fourth-order valence-corrected chi connectivity index (χ4v) is 1.66. The second-order valence-corrected chi connectivity index (χ2v) is 4.02. The van der Waals surface area contributed by atoms with Crippen molar-refractivity contribution in [3.05, 3.63) is 16.8 Å². The minimum absolute atomic E-state index is 0.225. The number of carbonyl (C=O) groups is 1. The second-order valence-electron chi connectivity index (χ2n) is 3.24. The number of anilines is 1. The van der Waals surface area contributed by atoms with Gasteiger partial charge in [0.15, 0.2) is 0 Å². The number of thiophene rings is 1. The van der Waals surface area contributed by atoms with E-state index in [0.717, 1.165) is 5.69 Å². The molecule has 1 aromatic rings. The number of aliphatic hydroxyl groups is 1. The third kappa shape index (κ3) is 4.80. The van der Waals surface area contributed by atoms with E-state index in [1.807, 2.05) is 23.8 Å². The van der Waals surface area contributed by atoms with Crippen LogP contribution in [0.2, 0.25) is 0 Å². The summed E-state index contributed by atoms with van der Waals surface area (Å²) in [6.45, 7) is 2.40. The minimum atomic E-state index is -0.327. The van der Waals surface area contributed by atoms with Gasteiger partial charge < -0.3 is 15.7 Å². The highest BCUT2D eigenvalue weighted by Gasteiger charge is 2.03. The van der Waals surface area contributed by atoms with Crippen molar-refractivity contribution < 1.29 is 9.90 Å². The summed E-state index contributed by atoms with van der Waals surface area (Å²) in [5, 5.41) is 18.4. The molecule has 0 aliphatic carbocycles. The molecule has 3 N–H and O–H groups in total. The molecule has 84 valence electrons. The van der Waals surface area contributed by atoms with Crippen LogP contribution in [0.25, 0.3) is 0 Å². The topological polar surface area (TPSA) is 61.4 Å². The van der Waals surface area contributed by atoms with Gasteiger partial charge in [-0.05, 0) is 24.3 Å². The van der Waals surface area contributed by atoms with Crippen molar-refractivity contribution in [1.82, 2.24) is 5.32 Å². The average Bonchev–Trinajstić information content (AvgIpc) is 2.70. The molecule has 0 bridgehead atoms. The van der Waals surface area contributed by atoms with Gasteiger partial charge in [0.05, 0.1) is 11.8 Å². The first kappa shape index (κ1) is 12.0. The Hall–Kier alpha value is -1.07. The van der Waals surface area contributed by atoms with E-state index in [1.165, 1.54) is 11.3 Å². The Labute approximate surface area is 93.3 Å². The molecular formula is C10H16N2O2S. The summed E-state index contributed by atoms with van der Waals surface area (Å²) in [5.41, 5.74) is 0.800. The fourth-order valence-electron chi connectivity index (χ4n) is 1.07. The first-order valence-corrected chi connectivity index (χ1v) is 5.91. The maximum Gasteiger partial charge on any atom is 0.319 e. The smallest absolute Gasteiger partial charge is 0.319 e. The number of rotatable bonds is 5. The summed E-state index contributed by atoms with van der Waals surface area (Å²) in [7, 11) is 0. The summed E-state index contributed by atoms with van der Waals surface area (Å²) in [6.07, 6.45) is 0.980. The highest BCUT2D eigenvalue weighted by molar-refractivity contribution is 7.08. The van der Waals surface area contributed by atoms with Gasteiger partial charge in [0, 0.05) is 11.9 Å². The lowest BCUT2D eigenvalue weighted by Crippen LogP contribution is -2.31. The van der Waals surface area contributed by atoms with Crippen LogP contribution >= 0.6 is 11.3 Å². The van der Waals surface area contributed by atoms with Crippen LogP contribution in [-0.4, -0.2) is 23.8 Å². The number of aliphatic hydroxyl groups excluding tert-OH is 1. The fraction of sp³-hybridized carbons (Fsp3) is 0.500. The molecule has 1 rings (SSSR count). The van der Waals surface area contributed by atoms with Gasteiger partial charge in [-0.15, -0.1) is 0 Å². The zero-order chi connectivity index (χ0) is 11.1. The molecular weight excluding hydrogens is 212 g/mol. The number of hydrogen-bond donors (Lipinski definition) is 3. The molecule has 5 heteroatoms. The van der Waals surface area contributed by atoms with Crippen LogP contribution in [0, 0.1) is 0 Å². The number of urea groups is 1. The maximum atomic E-state index is 11.3. The zero-order valence-electron chi connectivity index (χ0n) is 8.69. The summed E-state index contributed by atoms with van der Waals surface area (Å²) < 4.78 is 0. The number of amides is 2. The molecule has 0 saturated carbocycles. The first-order valence-electron chi connectivity index (χ1n) is 4.97. The summed E-state index contributed by atoms with van der Waals surface area (Å²) >= 11 is 1.53. The van der Waals surface area contributed by atoms with Crippen molar-refractivity contribution in [2.24, 2.45) is 0 Å². The van der Waals surface area contributed by atoms with E-state index < -0.39 is 0 Å². The van der Waals surface area contributed by atoms with Crippen molar-refractivity contribution in [1.29, 1.82) is 0 Å². The Bertz CT molecular complexity index is 288. The highest BCUT2D eigenvalue weighted by atomic mass is 32.1. The summed E-state index contributed by atoms with van der Waals surface area (Å²) in [6, 6.07) is 1.61. The van der Waals surface area contributed by atoms with E-state index in [1.54, 1.807) is 0 Å². The van der Waals surface area contributed by atoms with E-state index in [0.29, 0.717) is 19.4 Å². The molecule has 1 aromatic heterocycles. The van der Waals surface area contributed by atoms with Gasteiger partial charge >= 0.3 is 6.03 Å². The van der Waals surface area contributed by atoms with Gasteiger partial charge in [0.25, 0.3) is 0 Å². The van der Waals surface area contributed by atoms with Crippen molar-refractivity contribution in [2.45, 2.75) is 25.9 Å². The van der Waals surface area contributed by atoms with Crippen molar-refractivity contribution in [2.75, 3.05) is 11.9 Å². The Morgan fingerprint density at radius 1 is 1.67 bits per heavy atom. The van der Waals surface area contributed by atoms with Crippen LogP contribution in [0.5, 0.6) is 0 Å². The molecule has 1 unspecified atom stereocenters. The molecule has 1 heterocycles. The Balaban J connectivity index is 2.14. The van der Waals surface area contributed by atoms with Crippen LogP contribution < -0.4 is 10.6 Å². The predicted octanol–water partition coefficient (Wildman–Crippen LogP) is 2.03. The lowest BCUT2D eigenvalue weighted by atomic mass is 10.2. The largest absolute Gasteiger partial charge is 0.393 e. The number of nitrogens with one attached hydrogen (secondary N) is 2. The predicted molar refractivity (Wildman–Crippen MR) is 62.3 cm³/mol. The molecule has 0 radical (unpaired) electrons. The van der Waals surface area contributed by atoms with Gasteiger partial charge in [-0.2, -0.15) is 11.3 Å². The minimum Gasteiger partial charge on any atom is -0.393 e. The van der Waals surface area contributed by atoms with Crippen LogP contribution in [0.1, 0.15) is 19.8 Å². The Morgan fingerprint density at radius 2 is 2.47 bits per heavy atom. The third-order valence-electron chi connectivity index (χ3n) is 2.01. The quantitative estimate of drug-likeness (QED) is 0.722. The van der Waals surface area contributed by atoms with Crippen molar-refractivity contribution in [3.63, 3.8) is 0 Å². The van der Waals surface area contributed by atoms with E-state index >= 15 is 0 Å². The molecule has 0 fully saturated rings. The van der Waals surface area contributed by atoms with Gasteiger partial charge in [0.2, 0.25) is 0 Å². The highest BCUT2D eigenvalue weighted by Crippen LogP contribution is 2.11. The maximum absolute atomic E-state index is 11.3. The van der Waals surface area contributed by atoms with Crippen LogP contribution in [0.15, 0.2) is 16.8 Å². The van der Waals surface area contributed by atoms with Crippen molar-refractivity contribution >= 4 is 23.1 Å². The first-order chi connectivity index (χ1) is 7.22. The van der Waals surface area contributed by atoms with Gasteiger partial charge in [-0.25, -0.2) is 4.79 Å². The molecule has 0 aliphatic heterocycles. The lowest BCUT2D eigenvalue weighted by Gasteiger charge is -2.09. The molecule has 4 nitrogen and oxygen atoms in total. The molecule has 0 saturated heterocycles. The normalized spacial score (nSPS) is 12.1. The molecule has 0 aromatic carbocycles. The van der Waals surface area contributed by atoms with Gasteiger partial charge in [-0.1, -0.05) is 6.92 Å². The van der Waals surface area contributed by atoms with E-state index in [2.05, 4.69) is 10.6 Å². The van der Waals surface area contributed by atoms with Crippen molar-refractivity contribution in [3.8, 4) is 0 Å². The molecule has 2 amide bonds. The summed E-state index contributed by atoms with van der Waals surface area (Å²) in [4.78, 5) is 11.3. The third-order valence-corrected chi connectivity index (χ3v) is 2.70. The monoisotopic (exact) mass is 228 g/mol. The van der Waals surface area contributed by atoms with Gasteiger partial charge in [-0.3, -0.25) is 0 Å². The van der Waals surface area contributed by atoms with Gasteiger partial charge in [0.1, 0.15) is 0 Å². The SMILES string of the molecule is CCC(O)CCNC(=O)Nc1ccsc1. The van der Waals surface area contributed by atoms with E-state index in [4.69, 9.17) is 0 Å². The molecule has 15 heavy (non-hydrogen) atoms. The average molecular weight is 228 g/mol. The molecule has 0 aliphatic rings. The van der Waals surface area contributed by atoms with E-state index in [9.17, 15) is 9.90 Å². The molecule has 1 atom stereocenters. The molecule has 0 spiro atoms. The number of hydrogen-bond acceptors (Lipinski definition) is 3.